The first kappa shape index (κ1) is 3.99. The average Bonchev–Trinajstić information content (AvgIpc) is 1.37. The SMILES string of the molecule is [B]CC[18F]. The highest BCUT2D eigenvalue weighted by Gasteiger charge is 1.61. The first-order valence-corrected chi connectivity index (χ1v) is 1.18. The molecule has 0 atom stereocenters. The van der Waals surface area contributed by atoms with E-state index >= 15 is 0 Å². The van der Waals surface area contributed by atoms with Crippen LogP contribution in [-0.2, 0) is 0 Å². The van der Waals surface area contributed by atoms with Gasteiger partial charge in [0, 0.05) is 0 Å². The Labute approximate surface area is 26.4 Å². The fraction of sp³-hybridized carbons (Fsp3) is 1.00. The van der Waals surface area contributed by atoms with Gasteiger partial charge in [-0.3, -0.25) is 4.39 Å². The van der Waals surface area contributed by atoms with Crippen LogP contribution in [0.15, 0.2) is 0 Å². The van der Waals surface area contributed by atoms with Crippen LogP contribution >= 0.6 is 0 Å². The van der Waals surface area contributed by atoms with E-state index in [0.717, 1.165) is 0 Å². The molecular formula is C2H4BF. The van der Waals surface area contributed by atoms with E-state index in [9.17, 15) is 4.39 Å². The molecule has 2 radical (unpaired) electrons. The molecule has 0 amide bonds. The molecule has 0 saturated heterocycles. The Bertz CT molecular complexity index is 8.00. The van der Waals surface area contributed by atoms with Crippen molar-refractivity contribution < 1.29 is 4.39 Å². The summed E-state index contributed by atoms with van der Waals surface area (Å²) in [6, 6.07) is 0. The van der Waals surface area contributed by atoms with E-state index in [-0.39, 0.29) is 6.32 Å². The molecule has 0 heterocycles. The first-order valence-electron chi connectivity index (χ1n) is 1.18. The summed E-state index contributed by atoms with van der Waals surface area (Å²) < 4.78 is 10.6. The second-order valence-electron chi connectivity index (χ2n) is 0.478. The van der Waals surface area contributed by atoms with E-state index in [0.29, 0.717) is 0 Å². The van der Waals surface area contributed by atoms with Crippen molar-refractivity contribution in [1.82, 2.24) is 0 Å². The molecule has 22 valence electrons. The van der Waals surface area contributed by atoms with Gasteiger partial charge in [-0.1, -0.05) is 6.32 Å². The largest absolute Gasteiger partial charge is 0.252 e. The molecule has 0 rings (SSSR count). The van der Waals surface area contributed by atoms with Gasteiger partial charge in [0.05, 0.1) is 14.5 Å². The number of hydrogen-bond donors (Lipinski definition) is 0. The first-order chi connectivity index (χ1) is 1.91. The van der Waals surface area contributed by atoms with Crippen LogP contribution in [0.25, 0.3) is 0 Å². The number of halogens is 1. The van der Waals surface area contributed by atoms with Crippen molar-refractivity contribution >= 4 is 7.85 Å². The van der Waals surface area contributed by atoms with E-state index in [1.54, 1.807) is 0 Å². The van der Waals surface area contributed by atoms with Gasteiger partial charge in [-0.15, -0.1) is 0 Å². The third-order valence-electron chi connectivity index (χ3n) is 0.109. The van der Waals surface area contributed by atoms with Crippen LogP contribution in [0.3, 0.4) is 0 Å². The minimum atomic E-state index is -0.403. The number of rotatable bonds is 1. The van der Waals surface area contributed by atoms with Gasteiger partial charge in [0.15, 0.2) is 0 Å². The van der Waals surface area contributed by atoms with Crippen molar-refractivity contribution in [3.05, 3.63) is 0 Å². The van der Waals surface area contributed by atoms with Crippen LogP contribution in [0, 0.1) is 0 Å². The molecule has 0 unspecified atom stereocenters. The van der Waals surface area contributed by atoms with Crippen molar-refractivity contribution in [2.45, 2.75) is 6.32 Å². The Morgan fingerprint density at radius 2 is 2.00 bits per heavy atom. The Morgan fingerprint density at radius 1 is 1.75 bits per heavy atom. The van der Waals surface area contributed by atoms with Crippen molar-refractivity contribution in [1.29, 1.82) is 0 Å². The lowest BCUT2D eigenvalue weighted by atomic mass is 10.1. The third-order valence-corrected chi connectivity index (χ3v) is 0.109. The van der Waals surface area contributed by atoms with Crippen LogP contribution in [0.5, 0.6) is 0 Å². The fourth-order valence-corrected chi connectivity index (χ4v) is 0. The molecule has 0 spiro atoms. The van der Waals surface area contributed by atoms with Gasteiger partial charge in [0.25, 0.3) is 0 Å². The predicted octanol–water partition coefficient (Wildman–Crippen LogP) is 0.543. The Morgan fingerprint density at radius 3 is 2.00 bits per heavy atom. The molecule has 0 fully saturated rings. The molecule has 0 aliphatic carbocycles. The van der Waals surface area contributed by atoms with Crippen LogP contribution < -0.4 is 0 Å². The molecule has 0 aliphatic heterocycles. The maximum atomic E-state index is 10.6. The second kappa shape index (κ2) is 2.99. The summed E-state index contributed by atoms with van der Waals surface area (Å²) in [4.78, 5) is 0. The second-order valence-corrected chi connectivity index (χ2v) is 0.478. The lowest BCUT2D eigenvalue weighted by molar-refractivity contribution is 0.527. The van der Waals surface area contributed by atoms with Gasteiger partial charge in [0.1, 0.15) is 0 Å². The van der Waals surface area contributed by atoms with E-state index < -0.39 is 6.67 Å². The highest BCUT2D eigenvalue weighted by atomic mass is 18.2. The Kier molecular flexibility index (Phi) is 2.99. The third kappa shape index (κ3) is 1.99. The van der Waals surface area contributed by atoms with Crippen LogP contribution in [0.4, 0.5) is 4.39 Å². The average molecular weight is 56.9 g/mol. The van der Waals surface area contributed by atoms with E-state index in [1.165, 1.54) is 0 Å². The quantitative estimate of drug-likeness (QED) is 0.385. The fourth-order valence-electron chi connectivity index (χ4n) is 0. The van der Waals surface area contributed by atoms with Crippen molar-refractivity contribution in [3.8, 4) is 0 Å². The normalized spacial score (nSPS) is 7.25. The van der Waals surface area contributed by atoms with Gasteiger partial charge >= 0.3 is 0 Å². The lowest BCUT2D eigenvalue weighted by Gasteiger charge is -1.64. The molecular weight excluding hydrogens is 52.8 g/mol. The summed E-state index contributed by atoms with van der Waals surface area (Å²) >= 11 is 0. The highest BCUT2D eigenvalue weighted by molar-refractivity contribution is 6.08. The highest BCUT2D eigenvalue weighted by Crippen LogP contribution is 1.66. The summed E-state index contributed by atoms with van der Waals surface area (Å²) in [6.07, 6.45) is 0.153. The molecule has 0 aromatic heterocycles. The molecule has 0 N–H and O–H groups in total. The molecule has 0 aromatic carbocycles. The van der Waals surface area contributed by atoms with E-state index in [2.05, 4.69) is 7.85 Å². The van der Waals surface area contributed by atoms with Gasteiger partial charge < -0.3 is 0 Å². The maximum Gasteiger partial charge on any atom is 0.0817 e. The lowest BCUT2D eigenvalue weighted by Crippen LogP contribution is -1.64. The summed E-state index contributed by atoms with van der Waals surface area (Å²) in [7, 11) is 4.65. The summed E-state index contributed by atoms with van der Waals surface area (Å²) in [5, 5.41) is 0. The molecule has 0 nitrogen and oxygen atoms in total. The van der Waals surface area contributed by atoms with Gasteiger partial charge in [0.2, 0.25) is 0 Å². The predicted molar refractivity (Wildman–Crippen MR) is 16.5 cm³/mol. The minimum absolute atomic E-state index is 0.153. The van der Waals surface area contributed by atoms with Crippen LogP contribution in [-0.4, -0.2) is 14.5 Å². The monoisotopic (exact) mass is 57.0 g/mol. The van der Waals surface area contributed by atoms with Crippen LogP contribution in [0.1, 0.15) is 0 Å². The van der Waals surface area contributed by atoms with Gasteiger partial charge in [-0.25, -0.2) is 0 Å². The van der Waals surface area contributed by atoms with Crippen molar-refractivity contribution in [3.63, 3.8) is 0 Å². The molecule has 0 bridgehead atoms. The van der Waals surface area contributed by atoms with E-state index in [4.69, 9.17) is 0 Å². The van der Waals surface area contributed by atoms with Crippen molar-refractivity contribution in [2.75, 3.05) is 6.67 Å². The summed E-state index contributed by atoms with van der Waals surface area (Å²) in [5.41, 5.74) is 0. The topological polar surface area (TPSA) is 0 Å². The number of hydrogen-bond acceptors (Lipinski definition) is 0. The Balaban J connectivity index is 1.97. The molecule has 0 saturated carbocycles. The van der Waals surface area contributed by atoms with Crippen LogP contribution in [0.2, 0.25) is 6.32 Å². The van der Waals surface area contributed by atoms with E-state index in [1.807, 2.05) is 0 Å². The molecule has 4 heavy (non-hydrogen) atoms. The minimum Gasteiger partial charge on any atom is -0.252 e. The smallest absolute Gasteiger partial charge is 0.0817 e. The zero-order chi connectivity index (χ0) is 3.41. The zero-order valence-corrected chi connectivity index (χ0v) is 2.37. The Hall–Kier alpha value is -0.00506. The van der Waals surface area contributed by atoms with Gasteiger partial charge in [-0.2, -0.15) is 0 Å². The molecule has 0 aliphatic rings. The summed E-state index contributed by atoms with van der Waals surface area (Å²) in [5.74, 6) is 0. The molecule has 2 heteroatoms. The summed E-state index contributed by atoms with van der Waals surface area (Å²) in [6.45, 7) is -0.403. The molecule has 0 aromatic rings. The maximum absolute atomic E-state index is 10.6. The zero-order valence-electron chi connectivity index (χ0n) is 2.37. The van der Waals surface area contributed by atoms with Gasteiger partial charge in [-0.05, 0) is 0 Å². The standard InChI is InChI=1S/C2H4BF/c3-1-2-4/h1-2H2/i4-1. The van der Waals surface area contributed by atoms with Crippen molar-refractivity contribution in [2.24, 2.45) is 0 Å². The number of alkyl halides is 1.